The van der Waals surface area contributed by atoms with E-state index in [2.05, 4.69) is 11.9 Å². The Morgan fingerprint density at radius 2 is 2.07 bits per heavy atom. The zero-order valence-electron chi connectivity index (χ0n) is 9.24. The average molecular weight is 223 g/mol. The lowest BCUT2D eigenvalue weighted by atomic mass is 10.1. The Hall–Kier alpha value is -0.510. The van der Waals surface area contributed by atoms with E-state index in [1.54, 1.807) is 6.08 Å². The third-order valence-corrected chi connectivity index (χ3v) is 2.12. The first-order valence-corrected chi connectivity index (χ1v) is 5.40. The highest BCUT2D eigenvalue weighted by Crippen LogP contribution is 2.23. The highest BCUT2D eigenvalue weighted by molar-refractivity contribution is 4.73. The zero-order chi connectivity index (χ0) is 11.7. The summed E-state index contributed by atoms with van der Waals surface area (Å²) in [5, 5.41) is 2.93. The molecular weight excluding hydrogens is 203 g/mol. The predicted molar refractivity (Wildman–Crippen MR) is 56.8 cm³/mol. The topological polar surface area (TPSA) is 12.0 Å². The fourth-order valence-corrected chi connectivity index (χ4v) is 1.41. The molecule has 0 spiro atoms. The molecule has 0 radical (unpaired) electrons. The van der Waals surface area contributed by atoms with Gasteiger partial charge in [0, 0.05) is 6.04 Å². The Kier molecular flexibility index (Phi) is 7.48. The van der Waals surface area contributed by atoms with Gasteiger partial charge in [-0.1, -0.05) is 13.0 Å². The first kappa shape index (κ1) is 14.5. The van der Waals surface area contributed by atoms with E-state index in [0.717, 1.165) is 19.3 Å². The summed E-state index contributed by atoms with van der Waals surface area (Å²) in [5.41, 5.74) is 0. The van der Waals surface area contributed by atoms with Crippen molar-refractivity contribution < 1.29 is 13.2 Å². The lowest BCUT2D eigenvalue weighted by molar-refractivity contribution is -0.140. The number of halogens is 3. The molecule has 0 aromatic rings. The second-order valence-electron chi connectivity index (χ2n) is 3.69. The van der Waals surface area contributed by atoms with Crippen LogP contribution in [0, 0.1) is 0 Å². The quantitative estimate of drug-likeness (QED) is 0.489. The predicted octanol–water partition coefficient (Wildman–Crippen LogP) is 3.66. The van der Waals surface area contributed by atoms with E-state index in [-0.39, 0.29) is 0 Å². The minimum atomic E-state index is -4.07. The molecule has 0 saturated carbocycles. The van der Waals surface area contributed by atoms with Gasteiger partial charge in [0.1, 0.15) is 0 Å². The van der Waals surface area contributed by atoms with E-state index in [1.807, 2.05) is 6.92 Å². The van der Waals surface area contributed by atoms with Crippen molar-refractivity contribution >= 4 is 0 Å². The van der Waals surface area contributed by atoms with Crippen LogP contribution in [-0.4, -0.2) is 18.8 Å². The minimum absolute atomic E-state index is 0.440. The second-order valence-corrected chi connectivity index (χ2v) is 3.69. The van der Waals surface area contributed by atoms with Crippen LogP contribution in [-0.2, 0) is 0 Å². The van der Waals surface area contributed by atoms with Crippen molar-refractivity contribution in [2.24, 2.45) is 0 Å². The molecule has 4 heteroatoms. The summed E-state index contributed by atoms with van der Waals surface area (Å²) in [7, 11) is 0. The van der Waals surface area contributed by atoms with E-state index in [9.17, 15) is 13.2 Å². The van der Waals surface area contributed by atoms with Crippen LogP contribution in [0.4, 0.5) is 13.2 Å². The summed E-state index contributed by atoms with van der Waals surface area (Å²) >= 11 is 0. The Bertz CT molecular complexity index is 166. The number of unbranched alkanes of at least 4 members (excludes halogenated alkanes) is 1. The average Bonchev–Trinajstić information content (AvgIpc) is 2.12. The van der Waals surface area contributed by atoms with Gasteiger partial charge in [0.25, 0.3) is 0 Å². The van der Waals surface area contributed by atoms with Crippen LogP contribution in [0.1, 0.15) is 39.0 Å². The van der Waals surface area contributed by atoms with Crippen LogP contribution in [0.3, 0.4) is 0 Å². The summed E-state index contributed by atoms with van der Waals surface area (Å²) in [5.74, 6) is 0. The first-order valence-electron chi connectivity index (χ1n) is 5.40. The number of rotatable bonds is 8. The van der Waals surface area contributed by atoms with Gasteiger partial charge in [0.05, 0.1) is 6.42 Å². The standard InChI is InChI=1S/C11H20F3N/c1-3-5-6-7-10(15-8-4-2)9-11(12,13)14/h3,10,15H,1,4-9H2,2H3. The van der Waals surface area contributed by atoms with Crippen LogP contribution < -0.4 is 5.32 Å². The molecule has 0 aliphatic carbocycles. The highest BCUT2D eigenvalue weighted by Gasteiger charge is 2.31. The fraction of sp³-hybridized carbons (Fsp3) is 0.818. The summed E-state index contributed by atoms with van der Waals surface area (Å²) in [6.45, 7) is 6.15. The Labute approximate surface area is 89.7 Å². The number of allylic oxidation sites excluding steroid dienone is 1. The maximum absolute atomic E-state index is 12.2. The zero-order valence-corrected chi connectivity index (χ0v) is 9.24. The van der Waals surface area contributed by atoms with Gasteiger partial charge < -0.3 is 5.32 Å². The van der Waals surface area contributed by atoms with Gasteiger partial charge in [0.15, 0.2) is 0 Å². The molecule has 1 nitrogen and oxygen atoms in total. The summed E-state index contributed by atoms with van der Waals surface area (Å²) in [6, 6.07) is -0.440. The van der Waals surface area contributed by atoms with Crippen LogP contribution in [0.25, 0.3) is 0 Å². The molecule has 1 atom stereocenters. The molecule has 0 bridgehead atoms. The molecule has 90 valence electrons. The number of hydrogen-bond acceptors (Lipinski definition) is 1. The molecule has 1 unspecified atom stereocenters. The third-order valence-electron chi connectivity index (χ3n) is 2.12. The number of alkyl halides is 3. The SMILES string of the molecule is C=CCCCC(CC(F)(F)F)NCCC. The van der Waals surface area contributed by atoms with E-state index in [0.29, 0.717) is 13.0 Å². The molecule has 0 aromatic carbocycles. The fourth-order valence-electron chi connectivity index (χ4n) is 1.41. The smallest absolute Gasteiger partial charge is 0.314 e. The van der Waals surface area contributed by atoms with Gasteiger partial charge in [-0.2, -0.15) is 13.2 Å². The van der Waals surface area contributed by atoms with Crippen molar-refractivity contribution in [1.82, 2.24) is 5.32 Å². The normalized spacial score (nSPS) is 13.9. The van der Waals surface area contributed by atoms with Crippen molar-refractivity contribution in [2.45, 2.75) is 51.2 Å². The summed E-state index contributed by atoms with van der Waals surface area (Å²) < 4.78 is 36.5. The summed E-state index contributed by atoms with van der Waals surface area (Å²) in [6.07, 6.45) is -0.0985. The van der Waals surface area contributed by atoms with Gasteiger partial charge in [-0.3, -0.25) is 0 Å². The van der Waals surface area contributed by atoms with Crippen LogP contribution >= 0.6 is 0 Å². The maximum Gasteiger partial charge on any atom is 0.390 e. The maximum atomic E-state index is 12.2. The molecule has 0 aliphatic heterocycles. The Balaban J connectivity index is 3.88. The van der Waals surface area contributed by atoms with E-state index in [1.165, 1.54) is 0 Å². The van der Waals surface area contributed by atoms with Crippen LogP contribution in [0.5, 0.6) is 0 Å². The van der Waals surface area contributed by atoms with Gasteiger partial charge >= 0.3 is 6.18 Å². The minimum Gasteiger partial charge on any atom is -0.314 e. The molecule has 0 aromatic heterocycles. The molecule has 1 N–H and O–H groups in total. The van der Waals surface area contributed by atoms with Crippen LogP contribution in [0.15, 0.2) is 12.7 Å². The molecule has 0 saturated heterocycles. The highest BCUT2D eigenvalue weighted by atomic mass is 19.4. The Morgan fingerprint density at radius 1 is 1.40 bits per heavy atom. The van der Waals surface area contributed by atoms with Crippen molar-refractivity contribution in [3.63, 3.8) is 0 Å². The molecular formula is C11H20F3N. The molecule has 0 fully saturated rings. The van der Waals surface area contributed by atoms with Gasteiger partial charge in [-0.25, -0.2) is 0 Å². The monoisotopic (exact) mass is 223 g/mol. The molecule has 0 rings (SSSR count). The van der Waals surface area contributed by atoms with E-state index < -0.39 is 18.6 Å². The largest absolute Gasteiger partial charge is 0.390 e. The van der Waals surface area contributed by atoms with Crippen molar-refractivity contribution in [3.8, 4) is 0 Å². The molecule has 15 heavy (non-hydrogen) atoms. The van der Waals surface area contributed by atoms with E-state index >= 15 is 0 Å². The lowest BCUT2D eigenvalue weighted by Gasteiger charge is -2.19. The van der Waals surface area contributed by atoms with Crippen molar-refractivity contribution in [2.75, 3.05) is 6.54 Å². The number of hydrogen-bond donors (Lipinski definition) is 1. The molecule has 0 aliphatic rings. The van der Waals surface area contributed by atoms with E-state index in [4.69, 9.17) is 0 Å². The third kappa shape index (κ3) is 9.79. The van der Waals surface area contributed by atoms with Gasteiger partial charge in [-0.15, -0.1) is 6.58 Å². The van der Waals surface area contributed by atoms with Gasteiger partial charge in [-0.05, 0) is 32.2 Å². The Morgan fingerprint density at radius 3 is 2.53 bits per heavy atom. The number of nitrogens with one attached hydrogen (secondary N) is 1. The molecule has 0 amide bonds. The first-order chi connectivity index (χ1) is 6.99. The van der Waals surface area contributed by atoms with Crippen LogP contribution in [0.2, 0.25) is 0 Å². The lowest BCUT2D eigenvalue weighted by Crippen LogP contribution is -2.34. The summed E-state index contributed by atoms with van der Waals surface area (Å²) in [4.78, 5) is 0. The van der Waals surface area contributed by atoms with Crippen molar-refractivity contribution in [1.29, 1.82) is 0 Å². The van der Waals surface area contributed by atoms with Crippen molar-refractivity contribution in [3.05, 3.63) is 12.7 Å². The molecule has 0 heterocycles. The second kappa shape index (κ2) is 7.74. The van der Waals surface area contributed by atoms with Gasteiger partial charge in [0.2, 0.25) is 0 Å².